The van der Waals surface area contributed by atoms with E-state index in [0.717, 1.165) is 69.6 Å². The molecule has 1 fully saturated rings. The molecule has 0 aromatic carbocycles. The van der Waals surface area contributed by atoms with Crippen LogP contribution in [0.1, 0.15) is 147 Å². The number of nitrogens with zero attached hydrogens (tertiary/aromatic N) is 3. The fraction of sp³-hybridized carbons (Fsp3) is 0.882. The van der Waals surface area contributed by atoms with Crippen molar-refractivity contribution in [1.29, 1.82) is 0 Å². The van der Waals surface area contributed by atoms with E-state index in [4.69, 9.17) is 0 Å². The Labute approximate surface area is 247 Å². The van der Waals surface area contributed by atoms with E-state index in [2.05, 4.69) is 63.4 Å². The number of unbranched alkanes of at least 4 members (excludes halogenated alkanes) is 2. The van der Waals surface area contributed by atoms with Gasteiger partial charge in [0.25, 0.3) is 0 Å². The molecule has 1 aromatic rings. The van der Waals surface area contributed by atoms with E-state index < -0.39 is 0 Å². The molecule has 0 unspecified atom stereocenters. The van der Waals surface area contributed by atoms with Crippen LogP contribution < -0.4 is 5.32 Å². The molecule has 2 rings (SSSR count). The monoisotopic (exact) mass is 561 g/mol. The molecule has 0 atom stereocenters. The second kappa shape index (κ2) is 15.6. The lowest BCUT2D eigenvalue weighted by Gasteiger charge is -2.33. The average molecular weight is 561 g/mol. The van der Waals surface area contributed by atoms with Gasteiger partial charge >= 0.3 is 0 Å². The molecule has 0 saturated heterocycles. The van der Waals surface area contributed by atoms with E-state index in [1.54, 1.807) is 0 Å². The Hall–Kier alpha value is -1.56. The molecule has 1 aliphatic carbocycles. The third kappa shape index (κ3) is 16.0. The number of hydrogen-bond donors (Lipinski definition) is 1. The molecule has 0 spiro atoms. The standard InChI is InChI=1S/C18H33N3O.C16H31NO/c1-17(2,3)12-11-15-14-21(20-19-15)13-9-7-8-10-16(22)18(4,5)6;1-15(2,3)14(18)13-9-7-12(8-10-13)11-17-16(4,5)6/h14H,7-13H2,1-6H3;12-13,17H,7-11H2,1-6H3. The first-order chi connectivity index (χ1) is 18.2. The number of Topliss-reactive ketones (excluding diaryl/α,β-unsaturated/α-hetero) is 2. The topological polar surface area (TPSA) is 76.9 Å². The van der Waals surface area contributed by atoms with Crippen molar-refractivity contribution in [2.75, 3.05) is 6.54 Å². The molecule has 40 heavy (non-hydrogen) atoms. The van der Waals surface area contributed by atoms with Crippen LogP contribution in [0.3, 0.4) is 0 Å². The first kappa shape index (κ1) is 36.5. The Morgan fingerprint density at radius 3 is 1.95 bits per heavy atom. The number of aryl methyl sites for hydroxylation is 2. The number of aromatic nitrogens is 3. The Morgan fingerprint density at radius 1 is 0.850 bits per heavy atom. The van der Waals surface area contributed by atoms with Crippen molar-refractivity contribution < 1.29 is 9.59 Å². The van der Waals surface area contributed by atoms with Gasteiger partial charge in [0.05, 0.1) is 5.69 Å². The van der Waals surface area contributed by atoms with E-state index in [9.17, 15) is 9.59 Å². The second-order valence-corrected chi connectivity index (χ2v) is 16.5. The quantitative estimate of drug-likeness (QED) is 0.276. The number of rotatable bonds is 11. The number of carbonyl (C=O) groups excluding carboxylic acids is 2. The molecular weight excluding hydrogens is 496 g/mol. The van der Waals surface area contributed by atoms with Crippen molar-refractivity contribution in [3.05, 3.63) is 11.9 Å². The highest BCUT2D eigenvalue weighted by atomic mass is 16.1. The lowest BCUT2D eigenvalue weighted by molar-refractivity contribution is -0.131. The molecule has 232 valence electrons. The molecule has 0 bridgehead atoms. The maximum Gasteiger partial charge on any atom is 0.141 e. The number of ketones is 2. The summed E-state index contributed by atoms with van der Waals surface area (Å²) in [7, 11) is 0. The molecule has 0 radical (unpaired) electrons. The average Bonchev–Trinajstić information content (AvgIpc) is 3.27. The summed E-state index contributed by atoms with van der Waals surface area (Å²) in [5, 5.41) is 12.0. The smallest absolute Gasteiger partial charge is 0.141 e. The molecule has 1 aromatic heterocycles. The Kier molecular flexibility index (Phi) is 14.2. The maximum absolute atomic E-state index is 12.2. The molecule has 1 saturated carbocycles. The summed E-state index contributed by atoms with van der Waals surface area (Å²) in [6.07, 6.45) is 12.6. The van der Waals surface area contributed by atoms with Gasteiger partial charge in [-0.2, -0.15) is 0 Å². The van der Waals surface area contributed by atoms with Gasteiger partial charge in [-0.25, -0.2) is 0 Å². The highest BCUT2D eigenvalue weighted by Gasteiger charge is 2.32. The second-order valence-electron chi connectivity index (χ2n) is 16.5. The zero-order chi connectivity index (χ0) is 30.8. The molecule has 1 N–H and O–H groups in total. The van der Waals surface area contributed by atoms with Crippen LogP contribution in [0, 0.1) is 28.1 Å². The highest BCUT2D eigenvalue weighted by Crippen LogP contribution is 2.34. The molecule has 0 amide bonds. The summed E-state index contributed by atoms with van der Waals surface area (Å²) < 4.78 is 1.93. The molecule has 0 aliphatic heterocycles. The predicted octanol–water partition coefficient (Wildman–Crippen LogP) is 8.23. The zero-order valence-corrected chi connectivity index (χ0v) is 28.4. The normalized spacial score (nSPS) is 18.7. The summed E-state index contributed by atoms with van der Waals surface area (Å²) in [4.78, 5) is 24.1. The molecular formula is C34H64N4O2. The summed E-state index contributed by atoms with van der Waals surface area (Å²) in [6.45, 7) is 27.5. The summed E-state index contributed by atoms with van der Waals surface area (Å²) in [5.74, 6) is 1.89. The lowest BCUT2D eigenvalue weighted by Crippen LogP contribution is -2.40. The first-order valence-corrected chi connectivity index (χ1v) is 15.9. The SMILES string of the molecule is CC(C)(C)CCc1cn(CCCCCC(=O)C(C)(C)C)nn1.CC(C)(C)NCC1CCC(C(=O)C(C)(C)C)CC1. The van der Waals surface area contributed by atoms with Crippen LogP contribution in [0.5, 0.6) is 0 Å². The van der Waals surface area contributed by atoms with Crippen molar-refractivity contribution in [3.63, 3.8) is 0 Å². The fourth-order valence-electron chi connectivity index (χ4n) is 4.87. The predicted molar refractivity (Wildman–Crippen MR) is 168 cm³/mol. The van der Waals surface area contributed by atoms with E-state index in [0.29, 0.717) is 29.3 Å². The van der Waals surface area contributed by atoms with Crippen LogP contribution >= 0.6 is 0 Å². The minimum atomic E-state index is -0.201. The van der Waals surface area contributed by atoms with Gasteiger partial charge in [-0.3, -0.25) is 14.3 Å². The third-order valence-electron chi connectivity index (χ3n) is 7.72. The summed E-state index contributed by atoms with van der Waals surface area (Å²) in [5.41, 5.74) is 1.26. The number of carbonyl (C=O) groups is 2. The van der Waals surface area contributed by atoms with E-state index >= 15 is 0 Å². The van der Waals surface area contributed by atoms with Crippen LogP contribution in [-0.4, -0.2) is 38.6 Å². The van der Waals surface area contributed by atoms with Gasteiger partial charge in [-0.15, -0.1) is 5.10 Å². The van der Waals surface area contributed by atoms with Crippen LogP contribution in [0.2, 0.25) is 0 Å². The van der Waals surface area contributed by atoms with Crippen molar-refractivity contribution in [2.24, 2.45) is 28.1 Å². The first-order valence-electron chi connectivity index (χ1n) is 15.9. The van der Waals surface area contributed by atoms with Gasteiger partial charge in [-0.1, -0.05) is 73.9 Å². The van der Waals surface area contributed by atoms with Crippen molar-refractivity contribution in [1.82, 2.24) is 20.3 Å². The largest absolute Gasteiger partial charge is 0.312 e. The van der Waals surface area contributed by atoms with Gasteiger partial charge in [-0.05, 0) is 90.0 Å². The van der Waals surface area contributed by atoms with Gasteiger partial charge in [0, 0.05) is 41.4 Å². The van der Waals surface area contributed by atoms with Crippen LogP contribution in [0.15, 0.2) is 6.20 Å². The molecule has 1 heterocycles. The Balaban J connectivity index is 0.000000408. The van der Waals surface area contributed by atoms with Crippen LogP contribution in [0.4, 0.5) is 0 Å². The Morgan fingerprint density at radius 2 is 1.45 bits per heavy atom. The number of hydrogen-bond acceptors (Lipinski definition) is 5. The van der Waals surface area contributed by atoms with Crippen molar-refractivity contribution >= 4 is 11.6 Å². The van der Waals surface area contributed by atoms with Gasteiger partial charge in [0.1, 0.15) is 11.6 Å². The Bertz CT molecular complexity index is 883. The molecule has 1 aliphatic rings. The molecule has 6 nitrogen and oxygen atoms in total. The van der Waals surface area contributed by atoms with E-state index in [-0.39, 0.29) is 16.4 Å². The van der Waals surface area contributed by atoms with Gasteiger partial charge in [0.15, 0.2) is 0 Å². The van der Waals surface area contributed by atoms with Gasteiger partial charge in [0.2, 0.25) is 0 Å². The van der Waals surface area contributed by atoms with Crippen molar-refractivity contribution in [2.45, 2.75) is 159 Å². The van der Waals surface area contributed by atoms with Crippen LogP contribution in [-0.2, 0) is 22.6 Å². The van der Waals surface area contributed by atoms with E-state index in [1.165, 1.54) is 12.8 Å². The van der Waals surface area contributed by atoms with Gasteiger partial charge < -0.3 is 5.32 Å². The fourth-order valence-corrected chi connectivity index (χ4v) is 4.87. The maximum atomic E-state index is 12.2. The third-order valence-corrected chi connectivity index (χ3v) is 7.72. The minimum Gasteiger partial charge on any atom is -0.312 e. The van der Waals surface area contributed by atoms with Crippen molar-refractivity contribution in [3.8, 4) is 0 Å². The van der Waals surface area contributed by atoms with Crippen LogP contribution in [0.25, 0.3) is 0 Å². The van der Waals surface area contributed by atoms with E-state index in [1.807, 2.05) is 46.2 Å². The lowest BCUT2D eigenvalue weighted by atomic mass is 9.73. The molecule has 6 heteroatoms. The minimum absolute atomic E-state index is 0.166. The number of nitrogens with one attached hydrogen (secondary N) is 1. The summed E-state index contributed by atoms with van der Waals surface area (Å²) >= 11 is 0. The zero-order valence-electron chi connectivity index (χ0n) is 28.4. The summed E-state index contributed by atoms with van der Waals surface area (Å²) in [6, 6.07) is 0. The highest BCUT2D eigenvalue weighted by molar-refractivity contribution is 5.86.